The Balaban J connectivity index is 1.14. The second-order valence-corrected chi connectivity index (χ2v) is 23.8. The molecule has 0 spiro atoms. The summed E-state index contributed by atoms with van der Waals surface area (Å²) in [5, 5.41) is 15.0. The van der Waals surface area contributed by atoms with Crippen LogP contribution in [-0.2, 0) is 42.7 Å². The van der Waals surface area contributed by atoms with Crippen LogP contribution in [0.3, 0.4) is 0 Å². The van der Waals surface area contributed by atoms with Gasteiger partial charge in [-0.25, -0.2) is 23.3 Å². The zero-order valence-electron chi connectivity index (χ0n) is 38.1. The predicted molar refractivity (Wildman–Crippen MR) is 257 cm³/mol. The van der Waals surface area contributed by atoms with Crippen molar-refractivity contribution in [2.45, 2.75) is 84.0 Å². The van der Waals surface area contributed by atoms with Crippen molar-refractivity contribution in [3.8, 4) is 22.5 Å². The molecule has 8 N–H and O–H groups in total. The molecular weight excluding hydrogens is 1000 g/mol. The molecule has 0 bridgehead atoms. The Labute approximate surface area is 403 Å². The molecule has 2 aromatic carbocycles. The van der Waals surface area contributed by atoms with Crippen LogP contribution in [0.2, 0.25) is 0 Å². The fraction of sp³-hybridized carbons (Fsp3) is 0.405. The number of carbonyl (C=O) groups excluding carboxylic acids is 1. The fourth-order valence-electron chi connectivity index (χ4n) is 7.52. The first kappa shape index (κ1) is 54.1. The Kier molecular flexibility index (Phi) is 17.3. The number of phosphoric ester groups is 1. The van der Waals surface area contributed by atoms with Crippen molar-refractivity contribution in [2.75, 3.05) is 31.4 Å². The molecule has 3 aliphatic rings. The minimum atomic E-state index is -5.80. The van der Waals surface area contributed by atoms with Crippen LogP contribution in [0.1, 0.15) is 84.2 Å². The number of aryl methyl sites for hydroxylation is 3. The van der Waals surface area contributed by atoms with Crippen molar-refractivity contribution < 1.29 is 75.0 Å². The Morgan fingerprint density at radius 2 is 1.74 bits per heavy atom. The van der Waals surface area contributed by atoms with Gasteiger partial charge in [-0.2, -0.15) is 13.6 Å². The van der Waals surface area contributed by atoms with Gasteiger partial charge in [0.1, 0.15) is 35.4 Å². The number of benzene rings is 3. The summed E-state index contributed by atoms with van der Waals surface area (Å²) in [4.78, 5) is 84.8. The molecule has 22 nitrogen and oxygen atoms in total. The molecule has 1 aliphatic carbocycles. The average molecular weight is 1060 g/mol. The normalized spacial score (nSPS) is 18.6. The topological polar surface area (TPSA) is 331 Å². The van der Waals surface area contributed by atoms with Gasteiger partial charge in [-0.1, -0.05) is 41.0 Å². The molecule has 6 rings (SSSR count). The van der Waals surface area contributed by atoms with Crippen molar-refractivity contribution in [2.24, 2.45) is 4.99 Å². The summed E-state index contributed by atoms with van der Waals surface area (Å²) < 4.78 is 66.5. The number of nitrogen functional groups attached to an aromatic ring is 1. The van der Waals surface area contributed by atoms with Crippen LogP contribution in [0, 0.1) is 13.8 Å². The number of ether oxygens (including phenoxy) is 2. The summed E-state index contributed by atoms with van der Waals surface area (Å²) in [6.07, 6.45) is -0.174. The van der Waals surface area contributed by atoms with Crippen LogP contribution >= 0.6 is 45.1 Å². The van der Waals surface area contributed by atoms with Gasteiger partial charge in [0.15, 0.2) is 0 Å². The molecule has 1 amide bonds. The van der Waals surface area contributed by atoms with E-state index in [-0.39, 0.29) is 35.8 Å². The highest BCUT2D eigenvalue weighted by Crippen LogP contribution is 2.66. The van der Waals surface area contributed by atoms with E-state index < -0.39 is 70.8 Å². The maximum atomic E-state index is 13.7. The highest BCUT2D eigenvalue weighted by atomic mass is 33.1. The maximum Gasteiger partial charge on any atom is 0.490 e. The molecule has 5 atom stereocenters. The number of hydrogen-bond acceptors (Lipinski definition) is 17. The second-order valence-electron chi connectivity index (χ2n) is 16.4. The van der Waals surface area contributed by atoms with Gasteiger partial charge in [0.2, 0.25) is 0 Å². The van der Waals surface area contributed by atoms with Crippen LogP contribution in [0.25, 0.3) is 33.4 Å². The number of nitrogens with one attached hydrogen (secondary N) is 1. The molecule has 27 heteroatoms. The number of carboxylic acid groups (broad SMARTS) is 1. The van der Waals surface area contributed by atoms with E-state index in [1.54, 1.807) is 12.1 Å². The molecule has 3 aromatic rings. The molecule has 69 heavy (non-hydrogen) atoms. The quantitative estimate of drug-likeness (QED) is 0.0127. The Hall–Kier alpha value is -4.22. The number of carbonyl (C=O) groups is 2. The molecule has 2 aliphatic heterocycles. The smallest absolute Gasteiger partial charge is 0.478 e. The van der Waals surface area contributed by atoms with Gasteiger partial charge < -0.3 is 49.6 Å². The van der Waals surface area contributed by atoms with Crippen LogP contribution < -0.4 is 22.1 Å². The molecule has 3 heterocycles. The third-order valence-corrected chi connectivity index (χ3v) is 17.3. The molecule has 3 unspecified atom stereocenters. The van der Waals surface area contributed by atoms with E-state index in [4.69, 9.17) is 33.9 Å². The molecule has 0 radical (unpaired) electrons. The molecule has 1 fully saturated rings. The van der Waals surface area contributed by atoms with Crippen LogP contribution in [0.4, 0.5) is 5.82 Å². The Morgan fingerprint density at radius 3 is 2.41 bits per heavy atom. The fourth-order valence-corrected chi connectivity index (χ4v) is 12.7. The third-order valence-electron chi connectivity index (χ3n) is 10.6. The number of hydrogen-bond donors (Lipinski definition) is 7. The van der Waals surface area contributed by atoms with Gasteiger partial charge in [-0.3, -0.25) is 18.9 Å². The predicted octanol–water partition coefficient (Wildman–Crippen LogP) is 7.10. The number of amides is 1. The summed E-state index contributed by atoms with van der Waals surface area (Å²) >= 11 is 0. The van der Waals surface area contributed by atoms with Crippen LogP contribution in [0.5, 0.6) is 0 Å². The first-order valence-electron chi connectivity index (χ1n) is 21.2. The van der Waals surface area contributed by atoms with Gasteiger partial charge in [-0.15, -0.1) is 0 Å². The number of carboxylic acids is 1. The van der Waals surface area contributed by atoms with Gasteiger partial charge in [0, 0.05) is 58.6 Å². The summed E-state index contributed by atoms with van der Waals surface area (Å²) in [5.41, 5.74) is 10.3. The molecule has 0 saturated carbocycles. The SMILES string of the molecule is CCCc1cc2oc3cc(=NCC)c(C)cc-3c(-c3ccc(C(=O)NCC(C)(C)SSCOC4C[C@H](n5ccc(N)nc5=O)O[C@@H]4COP(=O)(O)OP(=O)(O)OP(=O)(O)O)cc3C(=O)O)c2cc1C. The van der Waals surface area contributed by atoms with Crippen molar-refractivity contribution in [3.05, 3.63) is 98.4 Å². The zero-order chi connectivity index (χ0) is 50.6. The van der Waals surface area contributed by atoms with E-state index in [1.165, 1.54) is 39.9 Å². The molecule has 1 saturated heterocycles. The largest absolute Gasteiger partial charge is 0.490 e. The van der Waals surface area contributed by atoms with Crippen molar-refractivity contribution >= 4 is 73.7 Å². The lowest BCUT2D eigenvalue weighted by Gasteiger charge is -2.25. The number of nitrogens with zero attached hydrogens (tertiary/aromatic N) is 3. The van der Waals surface area contributed by atoms with E-state index in [0.29, 0.717) is 34.6 Å². The van der Waals surface area contributed by atoms with Crippen molar-refractivity contribution in [1.82, 2.24) is 14.9 Å². The van der Waals surface area contributed by atoms with E-state index in [2.05, 4.69) is 30.8 Å². The van der Waals surface area contributed by atoms with E-state index in [9.17, 15) is 43.0 Å². The lowest BCUT2D eigenvalue weighted by Crippen LogP contribution is -2.36. The van der Waals surface area contributed by atoms with Gasteiger partial charge in [0.05, 0.1) is 23.6 Å². The Bertz CT molecular complexity index is 3000. The lowest BCUT2D eigenvalue weighted by molar-refractivity contribution is -0.0543. The summed E-state index contributed by atoms with van der Waals surface area (Å²) in [6.45, 7) is 11.5. The van der Waals surface area contributed by atoms with E-state index in [1.807, 2.05) is 58.9 Å². The van der Waals surface area contributed by atoms with Gasteiger partial charge >= 0.3 is 35.1 Å². The van der Waals surface area contributed by atoms with Crippen molar-refractivity contribution in [1.29, 1.82) is 0 Å². The Morgan fingerprint density at radius 1 is 1.00 bits per heavy atom. The molecule has 1 aromatic heterocycles. The number of aromatic nitrogens is 2. The number of anilines is 1. The average Bonchev–Trinajstić information content (AvgIpc) is 3.65. The van der Waals surface area contributed by atoms with Crippen LogP contribution in [-0.4, -0.2) is 88.7 Å². The summed E-state index contributed by atoms with van der Waals surface area (Å²) in [6, 6.07) is 13.8. The van der Waals surface area contributed by atoms with Crippen molar-refractivity contribution in [3.63, 3.8) is 0 Å². The summed E-state index contributed by atoms with van der Waals surface area (Å²) in [7, 11) is -14.4. The minimum Gasteiger partial charge on any atom is -0.478 e. The zero-order valence-corrected chi connectivity index (χ0v) is 42.4. The maximum absolute atomic E-state index is 13.7. The first-order valence-corrected chi connectivity index (χ1v) is 28.0. The highest BCUT2D eigenvalue weighted by Gasteiger charge is 2.44. The second kappa shape index (κ2) is 22.0. The number of rotatable bonds is 21. The standard InChI is InChI=1S/C42H52N5O17P3S2/c1-7-9-25-17-32-29(14-23(25)3)38(30-15-24(4)31(44-8-2)18-33(30)61-32)27-11-10-26(16-28(27)40(49)50)39(48)45-21-42(5,6)69-68-22-59-34-19-37(47-13-12-36(43)46-41(47)51)62-35(34)20-60-66(55,56)64-67(57,58)63-65(52,53)54/h10-18,34-35,37H,7-9,19-22H2,1-6H3,(H,45,48)(H,49,50)(H,55,56)(H,57,58)(H2,43,46,51)(H2,52,53,54)/t34?,35-,37-/m1/s1. The van der Waals surface area contributed by atoms with Gasteiger partial charge in [-0.05, 0) is 99.7 Å². The lowest BCUT2D eigenvalue weighted by atomic mass is 9.88. The number of fused-ring (bicyclic) bond motifs is 2. The first-order chi connectivity index (χ1) is 32.3. The van der Waals surface area contributed by atoms with Gasteiger partial charge in [0.25, 0.3) is 5.91 Å². The minimum absolute atomic E-state index is 0.0287. The number of phosphoric acid groups is 3. The number of aromatic carboxylic acids is 1. The van der Waals surface area contributed by atoms with Crippen LogP contribution in [0.15, 0.2) is 68.9 Å². The van der Waals surface area contributed by atoms with E-state index >= 15 is 0 Å². The molecule has 374 valence electrons. The summed E-state index contributed by atoms with van der Waals surface area (Å²) in [5.74, 6) is -1.31. The molecular formula is C42H52N5O17P3S2. The monoisotopic (exact) mass is 1060 g/mol. The number of nitrogens with two attached hydrogens (primary N) is 1. The van der Waals surface area contributed by atoms with E-state index in [0.717, 1.165) is 44.8 Å². The highest BCUT2D eigenvalue weighted by molar-refractivity contribution is 8.77. The third kappa shape index (κ3) is 14.0.